The van der Waals surface area contributed by atoms with Crippen LogP contribution in [0.1, 0.15) is 83.7 Å². The van der Waals surface area contributed by atoms with E-state index in [4.69, 9.17) is 9.47 Å². The maximum atomic E-state index is 13.2. The summed E-state index contributed by atoms with van der Waals surface area (Å²) in [5.41, 5.74) is 2.03. The number of likely N-dealkylation sites (tertiary alicyclic amines) is 1. The molecule has 1 aromatic heterocycles. The van der Waals surface area contributed by atoms with Crippen LogP contribution in [-0.2, 0) is 26.1 Å². The smallest absolute Gasteiger partial charge is 0.407 e. The summed E-state index contributed by atoms with van der Waals surface area (Å²) < 4.78 is 14.6. The Balaban J connectivity index is 1.10. The summed E-state index contributed by atoms with van der Waals surface area (Å²) in [5, 5.41) is 5.22. The molecule has 3 fully saturated rings. The van der Waals surface area contributed by atoms with Crippen LogP contribution in [0.5, 0.6) is 0 Å². The molecule has 11 heteroatoms. The highest BCUT2D eigenvalue weighted by Crippen LogP contribution is 2.35. The number of carbonyl (C=O) groups is 3. The number of ether oxygens (including phenoxy) is 2. The average Bonchev–Trinajstić information content (AvgIpc) is 3.14. The fraction of sp³-hybridized carbons (Fsp3) is 0.677. The average molecular weight is 584 g/mol. The molecule has 230 valence electrons. The number of hydrogen-bond donors (Lipinski definition) is 2. The first-order valence-electron chi connectivity index (χ1n) is 15.3. The van der Waals surface area contributed by atoms with E-state index in [1.165, 1.54) is 0 Å². The number of nitrogens with zero attached hydrogens (tertiary/aromatic N) is 3. The summed E-state index contributed by atoms with van der Waals surface area (Å²) in [6, 6.07) is 5.18. The molecule has 2 aliphatic heterocycles. The van der Waals surface area contributed by atoms with Crippen molar-refractivity contribution >= 4 is 28.9 Å². The van der Waals surface area contributed by atoms with Crippen LogP contribution in [0.4, 0.5) is 4.79 Å². The Kier molecular flexibility index (Phi) is 8.80. The summed E-state index contributed by atoms with van der Waals surface area (Å²) in [5.74, 6) is 0.267. The normalized spacial score (nSPS) is 24.7. The highest BCUT2D eigenvalue weighted by Gasteiger charge is 2.35. The highest BCUT2D eigenvalue weighted by atomic mass is 16.6. The summed E-state index contributed by atoms with van der Waals surface area (Å²) in [6.45, 7) is 10.9. The van der Waals surface area contributed by atoms with Crippen LogP contribution in [0.2, 0.25) is 0 Å². The molecule has 3 aliphatic rings. The van der Waals surface area contributed by atoms with E-state index in [0.29, 0.717) is 24.9 Å². The summed E-state index contributed by atoms with van der Waals surface area (Å²) in [7, 11) is 1.77. The van der Waals surface area contributed by atoms with Gasteiger partial charge in [-0.05, 0) is 77.3 Å². The molecule has 1 aromatic carbocycles. The molecule has 2 N–H and O–H groups in total. The van der Waals surface area contributed by atoms with Gasteiger partial charge in [-0.25, -0.2) is 9.59 Å². The second kappa shape index (κ2) is 12.2. The molecule has 3 amide bonds. The molecule has 0 radical (unpaired) electrons. The number of carbonyl (C=O) groups excluding carboxylic acids is 3. The predicted molar refractivity (Wildman–Crippen MR) is 158 cm³/mol. The minimum Gasteiger partial charge on any atom is -0.444 e. The topological polar surface area (TPSA) is 124 Å². The number of imidazole rings is 1. The van der Waals surface area contributed by atoms with Crippen LogP contribution < -0.4 is 16.3 Å². The summed E-state index contributed by atoms with van der Waals surface area (Å²) in [6.07, 6.45) is 4.67. The maximum Gasteiger partial charge on any atom is 0.407 e. The number of imide groups is 1. The van der Waals surface area contributed by atoms with Crippen LogP contribution in [0.25, 0.3) is 11.0 Å². The van der Waals surface area contributed by atoms with Crippen molar-refractivity contribution < 1.29 is 23.9 Å². The Labute approximate surface area is 246 Å². The van der Waals surface area contributed by atoms with Crippen LogP contribution >= 0.6 is 0 Å². The van der Waals surface area contributed by atoms with Gasteiger partial charge in [0.05, 0.1) is 29.8 Å². The number of rotatable bonds is 8. The molecule has 2 atom stereocenters. The third-order valence-corrected chi connectivity index (χ3v) is 8.71. The van der Waals surface area contributed by atoms with Crippen LogP contribution in [-0.4, -0.2) is 75.9 Å². The van der Waals surface area contributed by atoms with Gasteiger partial charge in [0.2, 0.25) is 11.8 Å². The van der Waals surface area contributed by atoms with Gasteiger partial charge >= 0.3 is 11.8 Å². The Morgan fingerprint density at radius 3 is 2.48 bits per heavy atom. The van der Waals surface area contributed by atoms with Crippen molar-refractivity contribution in [3.05, 3.63) is 34.2 Å². The number of nitrogens with one attached hydrogen (secondary N) is 2. The number of alkyl carbamates (subject to hydrolysis) is 1. The van der Waals surface area contributed by atoms with E-state index >= 15 is 0 Å². The number of hydrogen-bond acceptors (Lipinski definition) is 7. The Bertz CT molecular complexity index is 1380. The van der Waals surface area contributed by atoms with Crippen molar-refractivity contribution in [2.75, 3.05) is 26.2 Å². The van der Waals surface area contributed by atoms with Crippen molar-refractivity contribution in [3.63, 3.8) is 0 Å². The lowest BCUT2D eigenvalue weighted by Crippen LogP contribution is -2.47. The number of aromatic nitrogens is 2. The lowest BCUT2D eigenvalue weighted by Gasteiger charge is -2.43. The predicted octanol–water partition coefficient (Wildman–Crippen LogP) is 3.21. The van der Waals surface area contributed by atoms with E-state index in [9.17, 15) is 19.2 Å². The Hall–Kier alpha value is -3.18. The van der Waals surface area contributed by atoms with E-state index in [1.54, 1.807) is 16.2 Å². The maximum absolute atomic E-state index is 13.2. The zero-order valence-electron chi connectivity index (χ0n) is 25.5. The van der Waals surface area contributed by atoms with Gasteiger partial charge in [-0.3, -0.25) is 24.0 Å². The number of fused-ring (bicyclic) bond motifs is 1. The molecule has 5 rings (SSSR count). The van der Waals surface area contributed by atoms with Gasteiger partial charge in [0, 0.05) is 39.0 Å². The minimum atomic E-state index is -0.671. The van der Waals surface area contributed by atoms with E-state index in [0.717, 1.165) is 61.9 Å². The van der Waals surface area contributed by atoms with Crippen molar-refractivity contribution in [2.24, 2.45) is 13.0 Å². The molecule has 0 spiro atoms. The molecule has 1 saturated carbocycles. The third kappa shape index (κ3) is 6.72. The van der Waals surface area contributed by atoms with Crippen molar-refractivity contribution in [3.8, 4) is 0 Å². The fourth-order valence-corrected chi connectivity index (χ4v) is 6.62. The molecule has 42 heavy (non-hydrogen) atoms. The van der Waals surface area contributed by atoms with Gasteiger partial charge in [0.25, 0.3) is 0 Å². The zero-order chi connectivity index (χ0) is 30.2. The van der Waals surface area contributed by atoms with Gasteiger partial charge in [-0.1, -0.05) is 12.1 Å². The number of para-hydroxylation sites is 1. The van der Waals surface area contributed by atoms with Crippen molar-refractivity contribution in [1.82, 2.24) is 24.7 Å². The molecule has 2 saturated heterocycles. The number of aryl methyl sites for hydroxylation is 1. The van der Waals surface area contributed by atoms with Crippen LogP contribution in [0.3, 0.4) is 0 Å². The summed E-state index contributed by atoms with van der Waals surface area (Å²) in [4.78, 5) is 51.9. The second-order valence-corrected chi connectivity index (χ2v) is 13.3. The Morgan fingerprint density at radius 1 is 1.10 bits per heavy atom. The summed E-state index contributed by atoms with van der Waals surface area (Å²) >= 11 is 0. The van der Waals surface area contributed by atoms with Gasteiger partial charge in [0.1, 0.15) is 11.6 Å². The van der Waals surface area contributed by atoms with Gasteiger partial charge in [-0.15, -0.1) is 0 Å². The first-order chi connectivity index (χ1) is 19.9. The molecular formula is C31H45N5O6. The number of amides is 3. The van der Waals surface area contributed by atoms with E-state index in [1.807, 2.05) is 39.8 Å². The van der Waals surface area contributed by atoms with Crippen LogP contribution in [0.15, 0.2) is 23.0 Å². The molecule has 11 nitrogen and oxygen atoms in total. The zero-order valence-corrected chi connectivity index (χ0v) is 25.5. The van der Waals surface area contributed by atoms with E-state index in [-0.39, 0.29) is 30.2 Å². The largest absolute Gasteiger partial charge is 0.444 e. The Morgan fingerprint density at radius 2 is 1.81 bits per heavy atom. The molecule has 0 bridgehead atoms. The number of benzene rings is 1. The van der Waals surface area contributed by atoms with Gasteiger partial charge < -0.3 is 19.7 Å². The lowest BCUT2D eigenvalue weighted by molar-refractivity contribution is -0.135. The molecule has 3 heterocycles. The minimum absolute atomic E-state index is 0.111. The molecule has 1 aliphatic carbocycles. The lowest BCUT2D eigenvalue weighted by atomic mass is 9.84. The van der Waals surface area contributed by atoms with Crippen molar-refractivity contribution in [1.29, 1.82) is 0 Å². The molecular weight excluding hydrogens is 538 g/mol. The molecule has 2 aromatic rings. The number of piperidine rings is 1. The first-order valence-corrected chi connectivity index (χ1v) is 15.3. The standard InChI is InChI=1S/C31H45N5O6/c1-19(32-29(39)42-31(2,3)4)18-41-22-11-9-20(10-12-22)15-35-16-21(17-35)23-7-6-8-24-27(23)34(5)30(40)36(24)25-13-14-26(37)33-28(25)38/h6-8,19-22,25H,9-18H2,1-5H3,(H,32,39)(H,33,37,38)/t19-,20?,22?,25?/m1/s1. The van der Waals surface area contributed by atoms with Crippen molar-refractivity contribution in [2.45, 2.75) is 95.9 Å². The quantitative estimate of drug-likeness (QED) is 0.458. The molecule has 1 unspecified atom stereocenters. The first kappa shape index (κ1) is 30.3. The van der Waals surface area contributed by atoms with Gasteiger partial charge in [0.15, 0.2) is 0 Å². The third-order valence-electron chi connectivity index (χ3n) is 8.71. The van der Waals surface area contributed by atoms with Crippen LogP contribution in [0, 0.1) is 5.92 Å². The SMILES string of the molecule is C[C@H](COC1CCC(CN2CC(c3cccc4c3n(C)c(=O)n4C3CCC(=O)NC3=O)C2)CC1)NC(=O)OC(C)(C)C. The van der Waals surface area contributed by atoms with E-state index in [2.05, 4.69) is 21.6 Å². The fourth-order valence-electron chi connectivity index (χ4n) is 6.62. The second-order valence-electron chi connectivity index (χ2n) is 13.3. The van der Waals surface area contributed by atoms with E-state index < -0.39 is 23.6 Å². The van der Waals surface area contributed by atoms with Gasteiger partial charge in [-0.2, -0.15) is 0 Å². The monoisotopic (exact) mass is 583 g/mol. The highest BCUT2D eigenvalue weighted by molar-refractivity contribution is 6.00.